The van der Waals surface area contributed by atoms with Crippen LogP contribution in [0.3, 0.4) is 0 Å². The number of fused-ring (bicyclic) bond motifs is 1. The van der Waals surface area contributed by atoms with Crippen LogP contribution < -0.4 is 20.3 Å². The first kappa shape index (κ1) is 21.6. The van der Waals surface area contributed by atoms with Gasteiger partial charge in [0, 0.05) is 10.0 Å². The Morgan fingerprint density at radius 1 is 0.931 bits per heavy atom. The van der Waals surface area contributed by atoms with Gasteiger partial charge in [-0.15, -0.1) is 0 Å². The molecule has 0 radical (unpaired) electrons. The van der Waals surface area contributed by atoms with Gasteiger partial charge < -0.3 is 9.47 Å². The molecule has 0 aromatic heterocycles. The fraction of sp³-hybridized carbons (Fsp3) is 0.100. The van der Waals surface area contributed by atoms with Crippen molar-refractivity contribution in [1.82, 2.24) is 10.9 Å². The molecule has 0 heterocycles. The summed E-state index contributed by atoms with van der Waals surface area (Å²) in [6, 6.07) is 14.4. The molecule has 3 aromatic carbocycles. The minimum atomic E-state index is -0.492. The van der Waals surface area contributed by atoms with Gasteiger partial charge in [-0.1, -0.05) is 28.1 Å². The molecule has 0 saturated carbocycles. The lowest BCUT2D eigenvalue weighted by molar-refractivity contribution is -0.123. The smallest absolute Gasteiger partial charge is 0.276 e. The van der Waals surface area contributed by atoms with Gasteiger partial charge in [0.1, 0.15) is 11.5 Å². The van der Waals surface area contributed by atoms with Gasteiger partial charge in [0.25, 0.3) is 11.8 Å². The number of halogens is 3. The zero-order valence-corrected chi connectivity index (χ0v) is 19.9. The number of hydrazine groups is 1. The summed E-state index contributed by atoms with van der Waals surface area (Å²) >= 11 is 10.3. The number of hydrogen-bond donors (Lipinski definition) is 2. The normalized spacial score (nSPS) is 10.5. The Balaban J connectivity index is 1.57. The number of amides is 2. The summed E-state index contributed by atoms with van der Waals surface area (Å²) in [5.41, 5.74) is 5.05. The molecule has 0 aliphatic carbocycles. The number of carbonyl (C=O) groups is 2. The van der Waals surface area contributed by atoms with E-state index >= 15 is 0 Å². The van der Waals surface area contributed by atoms with Crippen molar-refractivity contribution in [3.63, 3.8) is 0 Å². The summed E-state index contributed by atoms with van der Waals surface area (Å²) in [4.78, 5) is 24.2. The van der Waals surface area contributed by atoms with Crippen LogP contribution in [0.2, 0.25) is 0 Å². The van der Waals surface area contributed by atoms with Gasteiger partial charge in [0.2, 0.25) is 0 Å². The molecule has 6 nitrogen and oxygen atoms in total. The minimum Gasteiger partial charge on any atom is -0.496 e. The summed E-state index contributed by atoms with van der Waals surface area (Å²) in [5.74, 6) is 0.181. The second kappa shape index (κ2) is 9.60. The molecular formula is C20H15Br3N2O4. The standard InChI is InChI=1S/C20H15Br3N2O4/c1-28-16-6-3-12(9-15(16)22)20(27)25-24-18(26)10-29-17-7-2-11-8-13(21)4-5-14(11)19(17)23/h2-9H,10H2,1H3,(H,24,26)(H,25,27). The number of rotatable bonds is 5. The Kier molecular flexibility index (Phi) is 7.15. The molecule has 0 fully saturated rings. The van der Waals surface area contributed by atoms with E-state index in [4.69, 9.17) is 9.47 Å². The molecule has 0 spiro atoms. The first-order valence-corrected chi connectivity index (χ1v) is 10.7. The van der Waals surface area contributed by atoms with E-state index in [2.05, 4.69) is 58.6 Å². The van der Waals surface area contributed by atoms with Crippen LogP contribution in [0.15, 0.2) is 61.9 Å². The lowest BCUT2D eigenvalue weighted by Crippen LogP contribution is -2.43. The van der Waals surface area contributed by atoms with Crippen LogP contribution in [-0.4, -0.2) is 25.5 Å². The predicted octanol–water partition coefficient (Wildman–Crippen LogP) is 4.98. The van der Waals surface area contributed by atoms with Crippen molar-refractivity contribution in [2.24, 2.45) is 0 Å². The summed E-state index contributed by atoms with van der Waals surface area (Å²) in [5, 5.41) is 1.99. The van der Waals surface area contributed by atoms with Crippen molar-refractivity contribution >= 4 is 70.4 Å². The summed E-state index contributed by atoms with van der Waals surface area (Å²) in [7, 11) is 1.53. The Labute approximate surface area is 192 Å². The maximum absolute atomic E-state index is 12.2. The van der Waals surface area contributed by atoms with E-state index in [1.54, 1.807) is 24.3 Å². The van der Waals surface area contributed by atoms with E-state index in [1.807, 2.05) is 24.3 Å². The zero-order chi connectivity index (χ0) is 21.0. The Morgan fingerprint density at radius 3 is 2.41 bits per heavy atom. The molecule has 0 aliphatic heterocycles. The molecule has 9 heteroatoms. The van der Waals surface area contributed by atoms with Crippen molar-refractivity contribution < 1.29 is 19.1 Å². The third kappa shape index (κ3) is 5.29. The number of benzene rings is 3. The monoisotopic (exact) mass is 584 g/mol. The number of carbonyl (C=O) groups excluding carboxylic acids is 2. The summed E-state index contributed by atoms with van der Waals surface area (Å²) < 4.78 is 13.1. The highest BCUT2D eigenvalue weighted by Gasteiger charge is 2.12. The third-order valence-electron chi connectivity index (χ3n) is 3.97. The van der Waals surface area contributed by atoms with Crippen LogP contribution in [0.4, 0.5) is 0 Å². The highest BCUT2D eigenvalue weighted by Crippen LogP contribution is 2.34. The van der Waals surface area contributed by atoms with Crippen molar-refractivity contribution in [1.29, 1.82) is 0 Å². The van der Waals surface area contributed by atoms with Crippen LogP contribution in [0.1, 0.15) is 10.4 Å². The molecular weight excluding hydrogens is 572 g/mol. The fourth-order valence-corrected chi connectivity index (χ4v) is 4.07. The lowest BCUT2D eigenvalue weighted by atomic mass is 10.1. The second-order valence-electron chi connectivity index (χ2n) is 5.88. The fourth-order valence-electron chi connectivity index (χ4n) is 2.54. The first-order chi connectivity index (χ1) is 13.9. The predicted molar refractivity (Wildman–Crippen MR) is 121 cm³/mol. The van der Waals surface area contributed by atoms with E-state index in [9.17, 15) is 9.59 Å². The topological polar surface area (TPSA) is 76.7 Å². The Bertz CT molecular complexity index is 1090. The van der Waals surface area contributed by atoms with E-state index < -0.39 is 11.8 Å². The van der Waals surface area contributed by atoms with Crippen LogP contribution in [0.25, 0.3) is 10.8 Å². The highest BCUT2D eigenvalue weighted by molar-refractivity contribution is 9.11. The van der Waals surface area contributed by atoms with E-state index in [0.29, 0.717) is 21.5 Å². The van der Waals surface area contributed by atoms with Gasteiger partial charge in [-0.3, -0.25) is 20.4 Å². The number of nitrogens with one attached hydrogen (secondary N) is 2. The van der Waals surface area contributed by atoms with Crippen LogP contribution >= 0.6 is 47.8 Å². The highest BCUT2D eigenvalue weighted by atomic mass is 79.9. The van der Waals surface area contributed by atoms with Gasteiger partial charge in [-0.2, -0.15) is 0 Å². The molecule has 150 valence electrons. The SMILES string of the molecule is COc1ccc(C(=O)NNC(=O)COc2ccc3cc(Br)ccc3c2Br)cc1Br. The summed E-state index contributed by atoms with van der Waals surface area (Å²) in [6.07, 6.45) is 0. The van der Waals surface area contributed by atoms with Crippen LogP contribution in [0, 0.1) is 0 Å². The maximum Gasteiger partial charge on any atom is 0.276 e. The van der Waals surface area contributed by atoms with Gasteiger partial charge in [0.15, 0.2) is 6.61 Å². The molecule has 29 heavy (non-hydrogen) atoms. The van der Waals surface area contributed by atoms with Crippen LogP contribution in [0.5, 0.6) is 11.5 Å². The van der Waals surface area contributed by atoms with Crippen molar-refractivity contribution in [3.8, 4) is 11.5 Å². The molecule has 2 amide bonds. The van der Waals surface area contributed by atoms with E-state index in [0.717, 1.165) is 19.7 Å². The average Bonchev–Trinajstić information content (AvgIpc) is 2.71. The molecule has 0 aliphatic rings. The molecule has 3 rings (SSSR count). The molecule has 0 unspecified atom stereocenters. The molecule has 2 N–H and O–H groups in total. The average molecular weight is 587 g/mol. The third-order valence-corrected chi connectivity index (χ3v) is 5.90. The number of hydrogen-bond acceptors (Lipinski definition) is 4. The van der Waals surface area contributed by atoms with Gasteiger partial charge in [0.05, 0.1) is 16.1 Å². The van der Waals surface area contributed by atoms with Gasteiger partial charge in [-0.05, 0) is 79.0 Å². The van der Waals surface area contributed by atoms with Crippen LogP contribution in [-0.2, 0) is 4.79 Å². The second-order valence-corrected chi connectivity index (χ2v) is 8.45. The van der Waals surface area contributed by atoms with Crippen molar-refractivity contribution in [2.75, 3.05) is 13.7 Å². The zero-order valence-electron chi connectivity index (χ0n) is 15.1. The first-order valence-electron chi connectivity index (χ1n) is 8.32. The largest absolute Gasteiger partial charge is 0.496 e. The Hall–Kier alpha value is -2.10. The van der Waals surface area contributed by atoms with Gasteiger partial charge >= 0.3 is 0 Å². The van der Waals surface area contributed by atoms with Gasteiger partial charge in [-0.25, -0.2) is 0 Å². The van der Waals surface area contributed by atoms with Crippen molar-refractivity contribution in [2.45, 2.75) is 0 Å². The Morgan fingerprint density at radius 2 is 1.69 bits per heavy atom. The molecule has 0 atom stereocenters. The van der Waals surface area contributed by atoms with Crippen molar-refractivity contribution in [3.05, 3.63) is 67.5 Å². The number of ether oxygens (including phenoxy) is 2. The summed E-state index contributed by atoms with van der Waals surface area (Å²) in [6.45, 7) is -0.257. The maximum atomic E-state index is 12.2. The molecule has 0 bridgehead atoms. The van der Waals surface area contributed by atoms with E-state index in [-0.39, 0.29) is 6.61 Å². The quantitative estimate of drug-likeness (QED) is 0.414. The lowest BCUT2D eigenvalue weighted by Gasteiger charge is -2.12. The number of methoxy groups -OCH3 is 1. The molecule has 3 aromatic rings. The minimum absolute atomic E-state index is 0.257. The van der Waals surface area contributed by atoms with E-state index in [1.165, 1.54) is 7.11 Å². The molecule has 0 saturated heterocycles.